The van der Waals surface area contributed by atoms with Crippen molar-refractivity contribution in [1.82, 2.24) is 4.90 Å². The summed E-state index contributed by atoms with van der Waals surface area (Å²) in [6.07, 6.45) is 0. The zero-order valence-electron chi connectivity index (χ0n) is 21.4. The molecule has 0 aliphatic heterocycles. The van der Waals surface area contributed by atoms with Crippen LogP contribution in [0.4, 0.5) is 5.69 Å². The van der Waals surface area contributed by atoms with E-state index in [4.69, 9.17) is 23.7 Å². The number of rotatable bonds is 14. The largest absolute Gasteiger partial charge is 0.490 e. The predicted octanol–water partition coefficient (Wildman–Crippen LogP) is 4.39. The van der Waals surface area contributed by atoms with Crippen molar-refractivity contribution in [3.8, 4) is 28.7 Å². The van der Waals surface area contributed by atoms with E-state index in [1.807, 2.05) is 34.6 Å². The minimum Gasteiger partial charge on any atom is -0.490 e. The van der Waals surface area contributed by atoms with E-state index < -0.39 is 0 Å². The highest BCUT2D eigenvalue weighted by Crippen LogP contribution is 2.39. The number of likely N-dealkylation sites (N-methyl/N-ethyl adjacent to an activating group) is 1. The van der Waals surface area contributed by atoms with Crippen molar-refractivity contribution < 1.29 is 33.3 Å². The summed E-state index contributed by atoms with van der Waals surface area (Å²) in [5.74, 6) is 1.72. The van der Waals surface area contributed by atoms with Gasteiger partial charge in [0.1, 0.15) is 0 Å². The average Bonchev–Trinajstić information content (AvgIpc) is 2.82. The van der Waals surface area contributed by atoms with Crippen LogP contribution < -0.4 is 29.0 Å². The zero-order valence-corrected chi connectivity index (χ0v) is 21.4. The Hall–Kier alpha value is -3.62. The monoisotopic (exact) mass is 488 g/mol. The van der Waals surface area contributed by atoms with Gasteiger partial charge in [0.05, 0.1) is 39.6 Å². The maximum atomic E-state index is 13.1. The van der Waals surface area contributed by atoms with Crippen LogP contribution in [0.15, 0.2) is 30.3 Å². The van der Waals surface area contributed by atoms with E-state index in [0.29, 0.717) is 73.0 Å². The summed E-state index contributed by atoms with van der Waals surface area (Å²) in [5.41, 5.74) is 0.872. The molecule has 2 rings (SSSR count). The number of benzene rings is 2. The van der Waals surface area contributed by atoms with Crippen molar-refractivity contribution >= 4 is 17.5 Å². The van der Waals surface area contributed by atoms with Crippen LogP contribution >= 0.6 is 0 Å². The summed E-state index contributed by atoms with van der Waals surface area (Å²) in [5, 5.41) is 2.80. The Labute approximate surface area is 207 Å². The number of carbonyl (C=O) groups excluding carboxylic acids is 2. The highest BCUT2D eigenvalue weighted by Gasteiger charge is 2.22. The molecule has 2 aromatic carbocycles. The molecule has 0 saturated heterocycles. The van der Waals surface area contributed by atoms with E-state index in [1.54, 1.807) is 37.4 Å². The molecule has 2 aromatic rings. The van der Waals surface area contributed by atoms with Crippen LogP contribution in [0, 0.1) is 0 Å². The summed E-state index contributed by atoms with van der Waals surface area (Å²) in [6, 6.07) is 8.37. The quantitative estimate of drug-likeness (QED) is 0.421. The third-order valence-corrected chi connectivity index (χ3v) is 4.71. The molecular weight excluding hydrogens is 452 g/mol. The average molecular weight is 489 g/mol. The molecule has 0 fully saturated rings. The number of nitrogens with one attached hydrogen (secondary N) is 1. The molecule has 9 heteroatoms. The zero-order chi connectivity index (χ0) is 25.8. The van der Waals surface area contributed by atoms with Crippen LogP contribution in [0.5, 0.6) is 28.7 Å². The van der Waals surface area contributed by atoms with Crippen LogP contribution in [-0.4, -0.2) is 63.3 Å². The van der Waals surface area contributed by atoms with Gasteiger partial charge in [-0.1, -0.05) is 0 Å². The Morgan fingerprint density at radius 2 is 1.23 bits per heavy atom. The van der Waals surface area contributed by atoms with Gasteiger partial charge in [-0.15, -0.1) is 0 Å². The molecule has 0 aliphatic carbocycles. The smallest absolute Gasteiger partial charge is 0.254 e. The van der Waals surface area contributed by atoms with E-state index >= 15 is 0 Å². The molecular formula is C26H36N2O7. The molecule has 0 aliphatic rings. The normalized spacial score (nSPS) is 10.3. The van der Waals surface area contributed by atoms with Gasteiger partial charge in [0, 0.05) is 24.4 Å². The molecule has 2 amide bonds. The minimum atomic E-state index is -0.355. The first-order valence-electron chi connectivity index (χ1n) is 11.9. The third-order valence-electron chi connectivity index (χ3n) is 4.71. The number of carbonyl (C=O) groups is 2. The van der Waals surface area contributed by atoms with E-state index in [1.165, 1.54) is 4.90 Å². The van der Waals surface area contributed by atoms with Crippen molar-refractivity contribution in [2.45, 2.75) is 34.6 Å². The first-order valence-corrected chi connectivity index (χ1v) is 11.9. The van der Waals surface area contributed by atoms with E-state index in [-0.39, 0.29) is 18.4 Å². The lowest BCUT2D eigenvalue weighted by atomic mass is 10.1. The lowest BCUT2D eigenvalue weighted by Gasteiger charge is -2.20. The van der Waals surface area contributed by atoms with Gasteiger partial charge >= 0.3 is 0 Å². The maximum Gasteiger partial charge on any atom is 0.254 e. The van der Waals surface area contributed by atoms with Crippen molar-refractivity contribution in [2.24, 2.45) is 0 Å². The highest BCUT2D eigenvalue weighted by molar-refractivity contribution is 6.00. The van der Waals surface area contributed by atoms with Gasteiger partial charge in [0.25, 0.3) is 5.91 Å². The third kappa shape index (κ3) is 7.70. The number of anilines is 1. The molecule has 0 bridgehead atoms. The summed E-state index contributed by atoms with van der Waals surface area (Å²) in [7, 11) is 1.56. The number of amides is 2. The van der Waals surface area contributed by atoms with Crippen molar-refractivity contribution in [3.63, 3.8) is 0 Å². The second kappa shape index (κ2) is 13.9. The fraction of sp³-hybridized carbons (Fsp3) is 0.462. The van der Waals surface area contributed by atoms with Crippen LogP contribution in [0.25, 0.3) is 0 Å². The summed E-state index contributed by atoms with van der Waals surface area (Å²) < 4.78 is 28.2. The maximum absolute atomic E-state index is 13.1. The molecule has 0 spiro atoms. The summed E-state index contributed by atoms with van der Waals surface area (Å²) in [4.78, 5) is 27.1. The van der Waals surface area contributed by atoms with Gasteiger partial charge in [-0.05, 0) is 58.9 Å². The van der Waals surface area contributed by atoms with E-state index in [0.717, 1.165) is 0 Å². The Morgan fingerprint density at radius 3 is 1.77 bits per heavy atom. The molecule has 0 unspecified atom stereocenters. The van der Waals surface area contributed by atoms with Gasteiger partial charge < -0.3 is 33.9 Å². The first-order chi connectivity index (χ1) is 16.9. The number of hydrogen-bond acceptors (Lipinski definition) is 7. The first kappa shape index (κ1) is 27.6. The molecule has 0 aromatic heterocycles. The molecule has 35 heavy (non-hydrogen) atoms. The van der Waals surface area contributed by atoms with Crippen LogP contribution in [0.3, 0.4) is 0 Å². The predicted molar refractivity (Wildman–Crippen MR) is 134 cm³/mol. The minimum absolute atomic E-state index is 0.156. The number of hydrogen-bond donors (Lipinski definition) is 1. The topological polar surface area (TPSA) is 95.6 Å². The molecule has 0 radical (unpaired) electrons. The standard InChI is InChI=1S/C26H36N2O7/c1-7-31-20-13-12-19(16-21(20)32-8-2)27-24(29)17-28(6)26(30)18-14-22(33-9-3)25(35-11-5)23(15-18)34-10-4/h12-16H,7-11,17H2,1-6H3,(H,27,29). The van der Waals surface area contributed by atoms with Gasteiger partial charge in [0.15, 0.2) is 23.0 Å². The van der Waals surface area contributed by atoms with Crippen molar-refractivity contribution in [3.05, 3.63) is 35.9 Å². The lowest BCUT2D eigenvalue weighted by molar-refractivity contribution is -0.116. The highest BCUT2D eigenvalue weighted by atomic mass is 16.5. The van der Waals surface area contributed by atoms with Gasteiger partial charge in [0.2, 0.25) is 11.7 Å². The Morgan fingerprint density at radius 1 is 0.714 bits per heavy atom. The van der Waals surface area contributed by atoms with Crippen molar-refractivity contribution in [2.75, 3.05) is 51.9 Å². The van der Waals surface area contributed by atoms with Gasteiger partial charge in [-0.3, -0.25) is 9.59 Å². The Bertz CT molecular complexity index is 967. The van der Waals surface area contributed by atoms with Gasteiger partial charge in [-0.2, -0.15) is 0 Å². The number of ether oxygens (including phenoxy) is 5. The van der Waals surface area contributed by atoms with E-state index in [2.05, 4.69) is 5.32 Å². The summed E-state index contributed by atoms with van der Waals surface area (Å²) in [6.45, 7) is 11.3. The molecule has 1 N–H and O–H groups in total. The molecule has 0 atom stereocenters. The van der Waals surface area contributed by atoms with Crippen LogP contribution in [0.1, 0.15) is 45.0 Å². The molecule has 9 nitrogen and oxygen atoms in total. The Kier molecular flexibility index (Phi) is 11.0. The second-order valence-electron chi connectivity index (χ2n) is 7.34. The number of nitrogens with zero attached hydrogens (tertiary/aromatic N) is 1. The van der Waals surface area contributed by atoms with E-state index in [9.17, 15) is 9.59 Å². The Balaban J connectivity index is 2.18. The van der Waals surface area contributed by atoms with Crippen LogP contribution in [-0.2, 0) is 4.79 Å². The van der Waals surface area contributed by atoms with Crippen molar-refractivity contribution in [1.29, 1.82) is 0 Å². The fourth-order valence-corrected chi connectivity index (χ4v) is 3.35. The molecule has 192 valence electrons. The van der Waals surface area contributed by atoms with Gasteiger partial charge in [-0.25, -0.2) is 0 Å². The molecule has 0 heterocycles. The fourth-order valence-electron chi connectivity index (χ4n) is 3.35. The van der Waals surface area contributed by atoms with Crippen LogP contribution in [0.2, 0.25) is 0 Å². The SMILES string of the molecule is CCOc1ccc(NC(=O)CN(C)C(=O)c2cc(OCC)c(OCC)c(OCC)c2)cc1OCC. The lowest BCUT2D eigenvalue weighted by Crippen LogP contribution is -2.35. The summed E-state index contributed by atoms with van der Waals surface area (Å²) >= 11 is 0. The molecule has 0 saturated carbocycles. The second-order valence-corrected chi connectivity index (χ2v) is 7.34.